The number of carbonyl (C=O) groups excluding carboxylic acids is 3. The number of benzene rings is 1. The molecule has 6 N–H and O–H groups in total. The van der Waals surface area contributed by atoms with Gasteiger partial charge in [0, 0.05) is 51.6 Å². The van der Waals surface area contributed by atoms with E-state index in [1.807, 2.05) is 31.2 Å². The third-order valence-corrected chi connectivity index (χ3v) is 4.84. The number of aliphatic hydroxyl groups is 1. The molecule has 0 saturated carbocycles. The SMILES string of the molecule is C=C(O)C[C@@H](C)NC(=O)[C@H](C)NC(=O)[C@H](CCC(=O)O)NC(=O)[C@@H]([NH-])Cc1ccc(C)cc1.[Y]. The van der Waals surface area contributed by atoms with Gasteiger partial charge in [0.1, 0.15) is 12.1 Å². The summed E-state index contributed by atoms with van der Waals surface area (Å²) >= 11 is 0. The van der Waals surface area contributed by atoms with E-state index in [0.29, 0.717) is 0 Å². The fourth-order valence-corrected chi connectivity index (χ4v) is 3.01. The van der Waals surface area contributed by atoms with Crippen LogP contribution in [0.25, 0.3) is 5.73 Å². The molecule has 1 rings (SSSR count). The molecule has 0 unspecified atom stereocenters. The Hall–Kier alpha value is -2.30. The molecule has 1 radical (unpaired) electrons. The topological polar surface area (TPSA) is 169 Å². The van der Waals surface area contributed by atoms with Gasteiger partial charge in [0.05, 0.1) is 5.76 Å². The summed E-state index contributed by atoms with van der Waals surface area (Å²) in [5.41, 5.74) is 9.94. The molecule has 0 bridgehead atoms. The summed E-state index contributed by atoms with van der Waals surface area (Å²) in [5.74, 6) is -3.19. The molecule has 34 heavy (non-hydrogen) atoms. The number of rotatable bonds is 13. The molecular weight excluding hydrogens is 517 g/mol. The van der Waals surface area contributed by atoms with Crippen molar-refractivity contribution >= 4 is 23.7 Å². The summed E-state index contributed by atoms with van der Waals surface area (Å²) < 4.78 is 0. The van der Waals surface area contributed by atoms with Crippen molar-refractivity contribution in [3.05, 3.63) is 53.5 Å². The van der Waals surface area contributed by atoms with Gasteiger partial charge in [-0.1, -0.05) is 42.4 Å². The molecule has 3 amide bonds. The van der Waals surface area contributed by atoms with E-state index in [-0.39, 0.29) is 64.2 Å². The van der Waals surface area contributed by atoms with Crippen LogP contribution < -0.4 is 16.0 Å². The smallest absolute Gasteiger partial charge is 0.303 e. The molecule has 1 aromatic rings. The van der Waals surface area contributed by atoms with Crippen LogP contribution in [0.4, 0.5) is 0 Å². The third kappa shape index (κ3) is 12.2. The number of hydrogen-bond donors (Lipinski definition) is 5. The number of nitrogens with one attached hydrogen (secondary N) is 4. The maximum atomic E-state index is 12.7. The van der Waals surface area contributed by atoms with Crippen LogP contribution in [-0.2, 0) is 58.3 Å². The summed E-state index contributed by atoms with van der Waals surface area (Å²) in [7, 11) is 0. The van der Waals surface area contributed by atoms with Crippen LogP contribution in [0.15, 0.2) is 36.6 Å². The molecule has 0 aliphatic rings. The van der Waals surface area contributed by atoms with Crippen molar-refractivity contribution in [3.8, 4) is 0 Å². The molecule has 11 heteroatoms. The maximum Gasteiger partial charge on any atom is 0.303 e. The van der Waals surface area contributed by atoms with Crippen molar-refractivity contribution < 1.29 is 62.1 Å². The first-order valence-corrected chi connectivity index (χ1v) is 10.6. The minimum Gasteiger partial charge on any atom is -0.667 e. The second-order valence-corrected chi connectivity index (χ2v) is 8.15. The monoisotopic (exact) mass is 550 g/mol. The van der Waals surface area contributed by atoms with Gasteiger partial charge < -0.3 is 31.9 Å². The number of hydrogen-bond acceptors (Lipinski definition) is 5. The first-order chi connectivity index (χ1) is 15.4. The molecule has 0 aliphatic carbocycles. The second kappa shape index (κ2) is 15.6. The predicted molar refractivity (Wildman–Crippen MR) is 123 cm³/mol. The Labute approximate surface area is 225 Å². The second-order valence-electron chi connectivity index (χ2n) is 8.15. The molecule has 4 atom stereocenters. The molecule has 0 aliphatic heterocycles. The normalized spacial score (nSPS) is 13.9. The van der Waals surface area contributed by atoms with Crippen LogP contribution in [0, 0.1) is 6.92 Å². The molecule has 185 valence electrons. The Morgan fingerprint density at radius 1 is 0.971 bits per heavy atom. The van der Waals surface area contributed by atoms with Gasteiger partial charge in [-0.05, 0) is 39.2 Å². The molecule has 0 spiro atoms. The van der Waals surface area contributed by atoms with Gasteiger partial charge in [-0.25, -0.2) is 0 Å². The van der Waals surface area contributed by atoms with E-state index >= 15 is 0 Å². The van der Waals surface area contributed by atoms with Crippen molar-refractivity contribution in [1.82, 2.24) is 16.0 Å². The first kappa shape index (κ1) is 31.7. The number of aryl methyl sites for hydroxylation is 1. The van der Waals surface area contributed by atoms with Crippen LogP contribution in [0.3, 0.4) is 0 Å². The molecular formula is C23H33N4O6Y-. The van der Waals surface area contributed by atoms with E-state index < -0.39 is 47.9 Å². The zero-order valence-electron chi connectivity index (χ0n) is 19.8. The standard InChI is InChI=1S/C23H33N4O6.Y/c1-13-5-7-17(8-6-13)12-18(24)22(32)27-19(9-10-20(29)30)23(33)26-16(4)21(31)25-14(2)11-15(3)28;/h5-8,14,16,18-19,24,28H,3,9-12H2,1-2,4H3,(H,25,31)(H,26,33)(H,27,32)(H,29,30);/q-1;/t14-,16+,18+,19+;/m1./s1. The molecule has 0 fully saturated rings. The fraction of sp³-hybridized carbons (Fsp3) is 0.478. The van der Waals surface area contributed by atoms with Crippen LogP contribution in [0.5, 0.6) is 0 Å². The Morgan fingerprint density at radius 2 is 1.56 bits per heavy atom. The Bertz CT molecular complexity index is 862. The number of carbonyl (C=O) groups is 4. The van der Waals surface area contributed by atoms with Crippen LogP contribution >= 0.6 is 0 Å². The van der Waals surface area contributed by atoms with Crippen molar-refractivity contribution in [2.24, 2.45) is 0 Å². The van der Waals surface area contributed by atoms with Gasteiger partial charge in [0.2, 0.25) is 17.7 Å². The van der Waals surface area contributed by atoms with Crippen LogP contribution in [-0.4, -0.2) is 58.1 Å². The van der Waals surface area contributed by atoms with Crippen molar-refractivity contribution in [3.63, 3.8) is 0 Å². The quantitative estimate of drug-likeness (QED) is 0.235. The number of amides is 3. The van der Waals surface area contributed by atoms with E-state index in [1.54, 1.807) is 6.92 Å². The fourth-order valence-electron chi connectivity index (χ4n) is 3.01. The molecule has 0 heterocycles. The van der Waals surface area contributed by atoms with E-state index in [2.05, 4.69) is 22.5 Å². The summed E-state index contributed by atoms with van der Waals surface area (Å²) in [4.78, 5) is 48.4. The average molecular weight is 550 g/mol. The van der Waals surface area contributed by atoms with Crippen molar-refractivity contribution in [2.75, 3.05) is 0 Å². The molecule has 0 aromatic heterocycles. The van der Waals surface area contributed by atoms with E-state index in [1.165, 1.54) is 6.92 Å². The van der Waals surface area contributed by atoms with Gasteiger partial charge in [-0.3, -0.25) is 19.2 Å². The van der Waals surface area contributed by atoms with E-state index in [9.17, 15) is 24.3 Å². The van der Waals surface area contributed by atoms with Gasteiger partial charge in [-0.2, -0.15) is 0 Å². The summed E-state index contributed by atoms with van der Waals surface area (Å²) in [6, 6.07) is 3.56. The van der Waals surface area contributed by atoms with Crippen LogP contribution in [0.1, 0.15) is 44.2 Å². The number of aliphatic carboxylic acids is 1. The number of carboxylic acid groups (broad SMARTS) is 1. The molecule has 0 saturated heterocycles. The van der Waals surface area contributed by atoms with E-state index in [4.69, 9.17) is 10.8 Å². The number of aliphatic hydroxyl groups excluding tert-OH is 1. The summed E-state index contributed by atoms with van der Waals surface area (Å²) in [6.45, 7) is 8.38. The van der Waals surface area contributed by atoms with Crippen LogP contribution in [0.2, 0.25) is 0 Å². The van der Waals surface area contributed by atoms with Crippen molar-refractivity contribution in [1.29, 1.82) is 0 Å². The van der Waals surface area contributed by atoms with Gasteiger partial charge in [0.25, 0.3) is 0 Å². The third-order valence-electron chi connectivity index (χ3n) is 4.84. The summed E-state index contributed by atoms with van der Waals surface area (Å²) in [5, 5.41) is 25.7. The minimum atomic E-state index is -1.22. The van der Waals surface area contributed by atoms with E-state index in [0.717, 1.165) is 11.1 Å². The Balaban J connectivity index is 0.0000109. The largest absolute Gasteiger partial charge is 0.667 e. The Morgan fingerprint density at radius 3 is 2.09 bits per heavy atom. The maximum absolute atomic E-state index is 12.7. The minimum absolute atomic E-state index is 0. The zero-order valence-corrected chi connectivity index (χ0v) is 22.6. The average Bonchev–Trinajstić information content (AvgIpc) is 2.71. The zero-order chi connectivity index (χ0) is 25.1. The van der Waals surface area contributed by atoms with Crippen molar-refractivity contribution in [2.45, 2.75) is 70.6 Å². The molecule has 10 nitrogen and oxygen atoms in total. The first-order valence-electron chi connectivity index (χ1n) is 10.6. The molecule has 1 aromatic carbocycles. The van der Waals surface area contributed by atoms with Gasteiger partial charge >= 0.3 is 5.97 Å². The Kier molecular flexibility index (Phi) is 14.5. The summed E-state index contributed by atoms with van der Waals surface area (Å²) in [6.07, 6.45) is -0.295. The number of carboxylic acids is 1. The van der Waals surface area contributed by atoms with Gasteiger partial charge in [-0.15, -0.1) is 0 Å². The van der Waals surface area contributed by atoms with Gasteiger partial charge in [0.15, 0.2) is 0 Å². The predicted octanol–water partition coefficient (Wildman–Crippen LogP) is 1.78.